The van der Waals surface area contributed by atoms with Crippen LogP contribution >= 0.6 is 54.5 Å². The molecule has 2 heterocycles. The van der Waals surface area contributed by atoms with Gasteiger partial charge >= 0.3 is 0 Å². The van der Waals surface area contributed by atoms with Gasteiger partial charge in [0.15, 0.2) is 0 Å². The van der Waals surface area contributed by atoms with E-state index in [9.17, 15) is 10.2 Å². The van der Waals surface area contributed by atoms with Crippen LogP contribution < -0.4 is 0 Å². The summed E-state index contributed by atoms with van der Waals surface area (Å²) in [5.74, 6) is 0.545. The Balaban J connectivity index is 2.17. The maximum Gasteiger partial charge on any atom is 0.134 e. The number of thiophene rings is 2. The zero-order chi connectivity index (χ0) is 14.3. The van der Waals surface area contributed by atoms with Crippen molar-refractivity contribution in [3.63, 3.8) is 0 Å². The van der Waals surface area contributed by atoms with E-state index < -0.39 is 0 Å². The number of rotatable bonds is 2. The van der Waals surface area contributed by atoms with E-state index >= 15 is 0 Å². The molecule has 1 aromatic carbocycles. The lowest BCUT2D eigenvalue weighted by molar-refractivity contribution is 0.479. The minimum atomic E-state index is 0.273. The van der Waals surface area contributed by atoms with E-state index in [1.54, 1.807) is 12.1 Å². The number of hydrogen-bond acceptors (Lipinski definition) is 4. The first-order chi connectivity index (χ1) is 9.58. The predicted molar refractivity (Wildman–Crippen MR) is 91.8 cm³/mol. The summed E-state index contributed by atoms with van der Waals surface area (Å²) in [6.45, 7) is 0. The summed E-state index contributed by atoms with van der Waals surface area (Å²) in [6.07, 6.45) is 0. The van der Waals surface area contributed by atoms with Crippen LogP contribution in [-0.2, 0) is 0 Å². The minimum absolute atomic E-state index is 0.273. The molecule has 0 bridgehead atoms. The van der Waals surface area contributed by atoms with E-state index in [0.717, 1.165) is 29.8 Å². The van der Waals surface area contributed by atoms with Crippen molar-refractivity contribution in [2.75, 3.05) is 0 Å². The van der Waals surface area contributed by atoms with Crippen LogP contribution in [0.2, 0.25) is 0 Å². The summed E-state index contributed by atoms with van der Waals surface area (Å²) in [6, 6.07) is 7.26. The molecule has 0 radical (unpaired) electrons. The van der Waals surface area contributed by atoms with Gasteiger partial charge in [-0.3, -0.25) is 0 Å². The van der Waals surface area contributed by atoms with Crippen molar-refractivity contribution in [3.8, 4) is 32.4 Å². The van der Waals surface area contributed by atoms with Crippen LogP contribution in [0, 0.1) is 0 Å². The summed E-state index contributed by atoms with van der Waals surface area (Å²) in [5, 5.41) is 23.4. The van der Waals surface area contributed by atoms with Gasteiger partial charge in [0.1, 0.15) is 11.5 Å². The first-order valence-corrected chi connectivity index (χ1v) is 8.95. The number of hydrogen-bond donors (Lipinski definition) is 2. The Morgan fingerprint density at radius 1 is 0.750 bits per heavy atom. The van der Waals surface area contributed by atoms with Gasteiger partial charge in [-0.05, 0) is 35.0 Å². The molecule has 0 aliphatic carbocycles. The van der Waals surface area contributed by atoms with Gasteiger partial charge in [0.05, 0.1) is 9.75 Å². The molecule has 0 saturated carbocycles. The molecule has 0 fully saturated rings. The third-order valence-corrected chi connectivity index (χ3v) is 6.02. The Kier molecular flexibility index (Phi) is 3.90. The average Bonchev–Trinajstić information content (AvgIpc) is 3.01. The maximum absolute atomic E-state index is 9.85. The van der Waals surface area contributed by atoms with Gasteiger partial charge in [-0.2, -0.15) is 0 Å². The van der Waals surface area contributed by atoms with E-state index in [2.05, 4.69) is 31.9 Å². The van der Waals surface area contributed by atoms with E-state index in [-0.39, 0.29) is 11.5 Å². The van der Waals surface area contributed by atoms with Crippen LogP contribution in [0.25, 0.3) is 20.9 Å². The molecule has 2 aromatic heterocycles. The van der Waals surface area contributed by atoms with Crippen molar-refractivity contribution in [3.05, 3.63) is 44.0 Å². The maximum atomic E-state index is 9.85. The molecule has 2 nitrogen and oxygen atoms in total. The molecule has 0 aliphatic rings. The highest BCUT2D eigenvalue weighted by Gasteiger charge is 2.16. The number of benzene rings is 1. The lowest BCUT2D eigenvalue weighted by atomic mass is 10.1. The molecule has 0 unspecified atom stereocenters. The highest BCUT2D eigenvalue weighted by atomic mass is 79.9. The molecule has 6 heteroatoms. The zero-order valence-corrected chi connectivity index (χ0v) is 14.7. The van der Waals surface area contributed by atoms with Crippen LogP contribution in [0.4, 0.5) is 0 Å². The van der Waals surface area contributed by atoms with Crippen LogP contribution in [-0.4, -0.2) is 10.2 Å². The Hall–Kier alpha value is -0.820. The number of aromatic hydroxyl groups is 2. The Bertz CT molecular complexity index is 711. The third-order valence-electron chi connectivity index (χ3n) is 2.83. The SMILES string of the molecule is Oc1ccsc1-c1cc(Br)c(-c2sccc2O)cc1Br. The molecule has 20 heavy (non-hydrogen) atoms. The van der Waals surface area contributed by atoms with Crippen LogP contribution in [0.1, 0.15) is 0 Å². The van der Waals surface area contributed by atoms with E-state index in [4.69, 9.17) is 0 Å². The van der Waals surface area contributed by atoms with Crippen molar-refractivity contribution >= 4 is 54.5 Å². The van der Waals surface area contributed by atoms with Crippen molar-refractivity contribution in [2.24, 2.45) is 0 Å². The van der Waals surface area contributed by atoms with Crippen LogP contribution in [0.3, 0.4) is 0 Å². The van der Waals surface area contributed by atoms with Gasteiger partial charge in [-0.15, -0.1) is 22.7 Å². The fourth-order valence-corrected chi connectivity index (χ4v) is 4.88. The zero-order valence-electron chi connectivity index (χ0n) is 9.93. The Labute approximate surface area is 140 Å². The average molecular weight is 432 g/mol. The first-order valence-electron chi connectivity index (χ1n) is 5.60. The molecular formula is C14H8Br2O2S2. The topological polar surface area (TPSA) is 40.5 Å². The number of halogens is 2. The quantitative estimate of drug-likeness (QED) is 0.516. The Morgan fingerprint density at radius 3 is 1.45 bits per heavy atom. The first kappa shape index (κ1) is 14.1. The smallest absolute Gasteiger partial charge is 0.134 e. The van der Waals surface area contributed by atoms with Crippen molar-refractivity contribution in [1.82, 2.24) is 0 Å². The Morgan fingerprint density at radius 2 is 1.15 bits per heavy atom. The molecule has 0 atom stereocenters. The fraction of sp³-hybridized carbons (Fsp3) is 0. The minimum Gasteiger partial charge on any atom is -0.506 e. The van der Waals surface area contributed by atoms with Gasteiger partial charge < -0.3 is 10.2 Å². The van der Waals surface area contributed by atoms with Crippen molar-refractivity contribution in [2.45, 2.75) is 0 Å². The lowest BCUT2D eigenvalue weighted by Crippen LogP contribution is -1.82. The lowest BCUT2D eigenvalue weighted by Gasteiger charge is -2.09. The second-order valence-corrected chi connectivity index (χ2v) is 7.62. The molecule has 0 aliphatic heterocycles. The fourth-order valence-electron chi connectivity index (χ4n) is 1.90. The van der Waals surface area contributed by atoms with Crippen molar-refractivity contribution < 1.29 is 10.2 Å². The standard InChI is InChI=1S/C14H8Br2O2S2/c15-9-6-8(14-12(18)2-4-20-14)10(16)5-7(9)13-11(17)1-3-19-13/h1-6,17-18H. The molecular weight excluding hydrogens is 424 g/mol. The summed E-state index contributed by atoms with van der Waals surface area (Å²) < 4.78 is 1.75. The second-order valence-electron chi connectivity index (χ2n) is 4.08. The summed E-state index contributed by atoms with van der Waals surface area (Å²) in [5.41, 5.74) is 1.84. The van der Waals surface area contributed by atoms with Gasteiger partial charge in [0.2, 0.25) is 0 Å². The molecule has 3 aromatic rings. The van der Waals surface area contributed by atoms with E-state index in [1.165, 1.54) is 22.7 Å². The predicted octanol–water partition coefficient (Wildman–Crippen LogP) is 6.08. The summed E-state index contributed by atoms with van der Waals surface area (Å²) in [7, 11) is 0. The molecule has 3 rings (SSSR count). The molecule has 102 valence electrons. The molecule has 2 N–H and O–H groups in total. The van der Waals surface area contributed by atoms with Gasteiger partial charge in [-0.1, -0.05) is 31.9 Å². The van der Waals surface area contributed by atoms with Crippen molar-refractivity contribution in [1.29, 1.82) is 0 Å². The monoisotopic (exact) mass is 430 g/mol. The van der Waals surface area contributed by atoms with E-state index in [1.807, 2.05) is 22.9 Å². The second kappa shape index (κ2) is 5.52. The largest absolute Gasteiger partial charge is 0.506 e. The third kappa shape index (κ3) is 2.41. The van der Waals surface area contributed by atoms with Gasteiger partial charge in [0.25, 0.3) is 0 Å². The molecule has 0 saturated heterocycles. The van der Waals surface area contributed by atoms with Gasteiger partial charge in [-0.25, -0.2) is 0 Å². The normalized spacial score (nSPS) is 10.9. The molecule has 0 amide bonds. The van der Waals surface area contributed by atoms with Crippen LogP contribution in [0.15, 0.2) is 44.0 Å². The molecule has 0 spiro atoms. The van der Waals surface area contributed by atoms with Gasteiger partial charge in [0, 0.05) is 20.1 Å². The summed E-state index contributed by atoms with van der Waals surface area (Å²) in [4.78, 5) is 1.64. The highest BCUT2D eigenvalue weighted by molar-refractivity contribution is 9.11. The van der Waals surface area contributed by atoms with Crippen LogP contribution in [0.5, 0.6) is 11.5 Å². The highest BCUT2D eigenvalue weighted by Crippen LogP contribution is 2.45. The van der Waals surface area contributed by atoms with E-state index in [0.29, 0.717) is 0 Å². The summed E-state index contributed by atoms with van der Waals surface area (Å²) >= 11 is 10.1.